The number of aromatic nitrogens is 4. The number of nitrogens with zero attached hydrogens (tertiary/aromatic N) is 4. The van der Waals surface area contributed by atoms with E-state index in [1.54, 1.807) is 0 Å². The molecule has 2 aromatic carbocycles. The molecule has 3 heterocycles. The SMILES string of the molecule is Cc1ccccc1-c1nnc2c3ccccc3nc(NCC3CCCO3)n12. The first kappa shape index (κ1) is 16.2. The van der Waals surface area contributed by atoms with Gasteiger partial charge in [0.15, 0.2) is 11.5 Å². The van der Waals surface area contributed by atoms with E-state index in [9.17, 15) is 0 Å². The smallest absolute Gasteiger partial charge is 0.211 e. The van der Waals surface area contributed by atoms with Crippen molar-refractivity contribution in [3.63, 3.8) is 0 Å². The zero-order valence-corrected chi connectivity index (χ0v) is 15.2. The summed E-state index contributed by atoms with van der Waals surface area (Å²) in [6.07, 6.45) is 2.43. The Kier molecular flexibility index (Phi) is 3.98. The molecular formula is C21H21N5O. The van der Waals surface area contributed by atoms with Gasteiger partial charge in [-0.25, -0.2) is 9.38 Å². The predicted molar refractivity (Wildman–Crippen MR) is 106 cm³/mol. The third kappa shape index (κ3) is 2.82. The second-order valence-electron chi connectivity index (χ2n) is 6.97. The van der Waals surface area contributed by atoms with E-state index in [-0.39, 0.29) is 6.10 Å². The van der Waals surface area contributed by atoms with Crippen molar-refractivity contribution >= 4 is 22.5 Å². The third-order valence-corrected chi connectivity index (χ3v) is 5.14. The van der Waals surface area contributed by atoms with Gasteiger partial charge in [-0.3, -0.25) is 0 Å². The Morgan fingerprint density at radius 1 is 1.11 bits per heavy atom. The molecule has 136 valence electrons. The second kappa shape index (κ2) is 6.63. The molecule has 0 saturated carbocycles. The molecule has 0 spiro atoms. The van der Waals surface area contributed by atoms with E-state index < -0.39 is 0 Å². The molecule has 1 saturated heterocycles. The Labute approximate surface area is 157 Å². The van der Waals surface area contributed by atoms with Gasteiger partial charge in [-0.2, -0.15) is 0 Å². The van der Waals surface area contributed by atoms with Crippen LogP contribution >= 0.6 is 0 Å². The van der Waals surface area contributed by atoms with E-state index in [1.165, 1.54) is 0 Å². The minimum atomic E-state index is 0.228. The maximum atomic E-state index is 5.76. The van der Waals surface area contributed by atoms with Crippen LogP contribution in [0.3, 0.4) is 0 Å². The van der Waals surface area contributed by atoms with Crippen LogP contribution in [0.1, 0.15) is 18.4 Å². The van der Waals surface area contributed by atoms with Crippen molar-refractivity contribution < 1.29 is 4.74 Å². The van der Waals surface area contributed by atoms with Crippen LogP contribution in [0.25, 0.3) is 27.9 Å². The lowest BCUT2D eigenvalue weighted by Gasteiger charge is -2.14. The summed E-state index contributed by atoms with van der Waals surface area (Å²) in [6, 6.07) is 16.3. The minimum absolute atomic E-state index is 0.228. The van der Waals surface area contributed by atoms with Gasteiger partial charge >= 0.3 is 0 Å². The molecule has 0 bridgehead atoms. The lowest BCUT2D eigenvalue weighted by molar-refractivity contribution is 0.120. The lowest BCUT2D eigenvalue weighted by Crippen LogP contribution is -2.20. The Balaban J connectivity index is 1.69. The summed E-state index contributed by atoms with van der Waals surface area (Å²) in [4.78, 5) is 4.87. The van der Waals surface area contributed by atoms with Crippen molar-refractivity contribution in [2.75, 3.05) is 18.5 Å². The van der Waals surface area contributed by atoms with E-state index in [0.29, 0.717) is 0 Å². The summed E-state index contributed by atoms with van der Waals surface area (Å²) in [5.41, 5.74) is 3.93. The number of aryl methyl sites for hydroxylation is 1. The number of hydrogen-bond acceptors (Lipinski definition) is 5. The topological polar surface area (TPSA) is 64.3 Å². The molecule has 27 heavy (non-hydrogen) atoms. The van der Waals surface area contributed by atoms with Crippen LogP contribution in [0.15, 0.2) is 48.5 Å². The monoisotopic (exact) mass is 359 g/mol. The first-order valence-corrected chi connectivity index (χ1v) is 9.36. The number of para-hydroxylation sites is 1. The number of ether oxygens (including phenoxy) is 1. The van der Waals surface area contributed by atoms with Crippen LogP contribution in [0.2, 0.25) is 0 Å². The highest BCUT2D eigenvalue weighted by Gasteiger charge is 2.19. The fourth-order valence-electron chi connectivity index (χ4n) is 3.71. The van der Waals surface area contributed by atoms with Gasteiger partial charge in [0.05, 0.1) is 11.6 Å². The van der Waals surface area contributed by atoms with Gasteiger partial charge in [0.25, 0.3) is 0 Å². The van der Waals surface area contributed by atoms with E-state index in [4.69, 9.17) is 9.72 Å². The van der Waals surface area contributed by atoms with Gasteiger partial charge in [0, 0.05) is 24.1 Å². The number of rotatable bonds is 4. The number of fused-ring (bicyclic) bond motifs is 3. The normalized spacial score (nSPS) is 17.0. The fraction of sp³-hybridized carbons (Fsp3) is 0.286. The average Bonchev–Trinajstić information content (AvgIpc) is 3.37. The summed E-state index contributed by atoms with van der Waals surface area (Å²) < 4.78 is 7.79. The van der Waals surface area contributed by atoms with Crippen LogP contribution in [0.4, 0.5) is 5.95 Å². The number of hydrogen-bond donors (Lipinski definition) is 1. The molecule has 4 aromatic rings. The molecule has 1 aliphatic heterocycles. The molecule has 1 atom stereocenters. The summed E-state index contributed by atoms with van der Waals surface area (Å²) in [7, 11) is 0. The summed E-state index contributed by atoms with van der Waals surface area (Å²) in [5.74, 6) is 1.55. The molecule has 1 fully saturated rings. The summed E-state index contributed by atoms with van der Waals surface area (Å²) >= 11 is 0. The third-order valence-electron chi connectivity index (χ3n) is 5.14. The molecule has 1 N–H and O–H groups in total. The Bertz CT molecular complexity index is 1110. The lowest BCUT2D eigenvalue weighted by atomic mass is 10.1. The van der Waals surface area contributed by atoms with Crippen LogP contribution in [0.5, 0.6) is 0 Å². The van der Waals surface area contributed by atoms with Gasteiger partial charge in [0.1, 0.15) is 0 Å². The fourth-order valence-corrected chi connectivity index (χ4v) is 3.71. The van der Waals surface area contributed by atoms with Crippen molar-refractivity contribution in [2.45, 2.75) is 25.9 Å². The maximum absolute atomic E-state index is 5.76. The van der Waals surface area contributed by atoms with Crippen LogP contribution in [-0.2, 0) is 4.74 Å². The van der Waals surface area contributed by atoms with Gasteiger partial charge in [-0.05, 0) is 37.5 Å². The highest BCUT2D eigenvalue weighted by Crippen LogP contribution is 2.28. The van der Waals surface area contributed by atoms with Crippen molar-refractivity contribution in [3.8, 4) is 11.4 Å². The zero-order chi connectivity index (χ0) is 18.2. The first-order valence-electron chi connectivity index (χ1n) is 9.36. The quantitative estimate of drug-likeness (QED) is 0.600. The largest absolute Gasteiger partial charge is 0.376 e. The number of benzene rings is 2. The van der Waals surface area contributed by atoms with Crippen LogP contribution < -0.4 is 5.32 Å². The Hall–Kier alpha value is -2.99. The zero-order valence-electron chi connectivity index (χ0n) is 15.2. The Morgan fingerprint density at radius 3 is 2.81 bits per heavy atom. The highest BCUT2D eigenvalue weighted by molar-refractivity contribution is 5.93. The molecule has 0 radical (unpaired) electrons. The minimum Gasteiger partial charge on any atom is -0.376 e. The molecule has 0 aliphatic carbocycles. The van der Waals surface area contributed by atoms with Crippen LogP contribution in [0, 0.1) is 6.92 Å². The van der Waals surface area contributed by atoms with Gasteiger partial charge in [0.2, 0.25) is 5.95 Å². The summed E-state index contributed by atoms with van der Waals surface area (Å²) in [5, 5.41) is 13.5. The van der Waals surface area contributed by atoms with E-state index >= 15 is 0 Å². The van der Waals surface area contributed by atoms with Crippen molar-refractivity contribution in [1.82, 2.24) is 19.6 Å². The standard InChI is InChI=1S/C21H21N5O/c1-14-7-2-3-9-16(14)19-24-25-20-17-10-4-5-11-18(17)23-21(26(19)20)22-13-15-8-6-12-27-15/h2-5,7,9-11,15H,6,8,12-13H2,1H3,(H,22,23). The van der Waals surface area contributed by atoms with E-state index in [0.717, 1.165) is 65.4 Å². The van der Waals surface area contributed by atoms with Crippen molar-refractivity contribution in [3.05, 3.63) is 54.1 Å². The molecule has 5 rings (SSSR count). The predicted octanol–water partition coefficient (Wildman–Crippen LogP) is 3.84. The maximum Gasteiger partial charge on any atom is 0.211 e. The van der Waals surface area contributed by atoms with Crippen LogP contribution in [-0.4, -0.2) is 38.8 Å². The van der Waals surface area contributed by atoms with Crippen molar-refractivity contribution in [1.29, 1.82) is 0 Å². The van der Waals surface area contributed by atoms with E-state index in [2.05, 4.69) is 34.6 Å². The Morgan fingerprint density at radius 2 is 1.96 bits per heavy atom. The molecule has 6 nitrogen and oxygen atoms in total. The van der Waals surface area contributed by atoms with Gasteiger partial charge in [-0.15, -0.1) is 10.2 Å². The molecule has 1 unspecified atom stereocenters. The molecule has 6 heteroatoms. The summed E-state index contributed by atoms with van der Waals surface area (Å²) in [6.45, 7) is 3.66. The second-order valence-corrected chi connectivity index (χ2v) is 6.97. The van der Waals surface area contributed by atoms with Gasteiger partial charge in [-0.1, -0.05) is 36.4 Å². The molecule has 0 amide bonds. The first-order chi connectivity index (χ1) is 13.3. The molecular weight excluding hydrogens is 338 g/mol. The van der Waals surface area contributed by atoms with E-state index in [1.807, 2.05) is 40.8 Å². The highest BCUT2D eigenvalue weighted by atomic mass is 16.5. The average molecular weight is 359 g/mol. The van der Waals surface area contributed by atoms with Crippen molar-refractivity contribution in [2.24, 2.45) is 0 Å². The number of anilines is 1. The number of nitrogens with one attached hydrogen (secondary N) is 1. The molecule has 1 aliphatic rings. The molecule has 2 aromatic heterocycles. The van der Waals surface area contributed by atoms with Gasteiger partial charge < -0.3 is 10.1 Å².